The van der Waals surface area contributed by atoms with E-state index in [0.717, 1.165) is 38.6 Å². The van der Waals surface area contributed by atoms with E-state index in [2.05, 4.69) is 20.8 Å². The first-order valence-corrected chi connectivity index (χ1v) is 8.19. The van der Waals surface area contributed by atoms with E-state index in [4.69, 9.17) is 0 Å². The minimum Gasteiger partial charge on any atom is -0.329 e. The highest BCUT2D eigenvalue weighted by molar-refractivity contribution is 5.97. The van der Waals surface area contributed by atoms with E-state index in [1.807, 2.05) is 16.7 Å². The summed E-state index contributed by atoms with van der Waals surface area (Å²) in [5.41, 5.74) is 0. The van der Waals surface area contributed by atoms with E-state index in [-0.39, 0.29) is 29.9 Å². The van der Waals surface area contributed by atoms with Crippen LogP contribution in [-0.2, 0) is 9.59 Å². The number of fused-ring (bicyclic) bond motifs is 1. The number of hydrogen-bond acceptors (Lipinski definition) is 2. The number of piperazine rings is 1. The van der Waals surface area contributed by atoms with E-state index in [0.29, 0.717) is 5.92 Å². The van der Waals surface area contributed by atoms with Crippen molar-refractivity contribution in [2.75, 3.05) is 6.54 Å². The maximum absolute atomic E-state index is 12.8. The summed E-state index contributed by atoms with van der Waals surface area (Å²) in [7, 11) is 0. The lowest BCUT2D eigenvalue weighted by atomic mass is 9.90. The number of carbonyl (C=O) groups excluding carboxylic acids is 2. The molecule has 4 nitrogen and oxygen atoms in total. The molecule has 20 heavy (non-hydrogen) atoms. The average molecular weight is 280 g/mol. The molecule has 2 heterocycles. The van der Waals surface area contributed by atoms with Crippen molar-refractivity contribution in [3.05, 3.63) is 0 Å². The molecule has 0 aliphatic carbocycles. The quantitative estimate of drug-likeness (QED) is 0.776. The summed E-state index contributed by atoms with van der Waals surface area (Å²) < 4.78 is 0. The molecule has 2 aliphatic heterocycles. The van der Waals surface area contributed by atoms with Crippen LogP contribution in [0, 0.1) is 5.92 Å². The maximum atomic E-state index is 12.8. The van der Waals surface area contributed by atoms with Gasteiger partial charge in [0, 0.05) is 12.6 Å². The van der Waals surface area contributed by atoms with Crippen LogP contribution < -0.4 is 0 Å². The molecule has 2 fully saturated rings. The third kappa shape index (κ3) is 2.33. The Morgan fingerprint density at radius 2 is 1.80 bits per heavy atom. The first-order chi connectivity index (χ1) is 9.56. The minimum atomic E-state index is -0.243. The maximum Gasteiger partial charge on any atom is 0.246 e. The molecule has 0 saturated carbocycles. The van der Waals surface area contributed by atoms with E-state index >= 15 is 0 Å². The van der Waals surface area contributed by atoms with Crippen LogP contribution in [0.1, 0.15) is 59.8 Å². The Labute approximate surface area is 122 Å². The Kier molecular flexibility index (Phi) is 4.71. The van der Waals surface area contributed by atoms with E-state index in [1.54, 1.807) is 0 Å². The number of nitrogens with zero attached hydrogens (tertiary/aromatic N) is 2. The number of amides is 2. The number of carbonyl (C=O) groups is 2. The third-order valence-electron chi connectivity index (χ3n) is 5.25. The Balaban J connectivity index is 2.28. The average Bonchev–Trinajstić information content (AvgIpc) is 2.93. The van der Waals surface area contributed by atoms with Gasteiger partial charge >= 0.3 is 0 Å². The molecule has 0 N–H and O–H groups in total. The summed E-state index contributed by atoms with van der Waals surface area (Å²) in [4.78, 5) is 29.2. The molecule has 3 atom stereocenters. The Morgan fingerprint density at radius 3 is 2.35 bits per heavy atom. The normalized spacial score (nSPS) is 28.2. The third-order valence-corrected chi connectivity index (χ3v) is 5.25. The lowest BCUT2D eigenvalue weighted by molar-refractivity contribution is -0.163. The Hall–Kier alpha value is -1.06. The van der Waals surface area contributed by atoms with Gasteiger partial charge in [-0.15, -0.1) is 0 Å². The first kappa shape index (κ1) is 15.3. The summed E-state index contributed by atoms with van der Waals surface area (Å²) in [6, 6.07) is -0.260. The molecule has 0 radical (unpaired) electrons. The smallest absolute Gasteiger partial charge is 0.246 e. The molecule has 0 aromatic heterocycles. The van der Waals surface area contributed by atoms with Crippen molar-refractivity contribution in [2.45, 2.75) is 77.9 Å². The van der Waals surface area contributed by atoms with Gasteiger partial charge in [-0.2, -0.15) is 0 Å². The van der Waals surface area contributed by atoms with Crippen molar-refractivity contribution in [1.29, 1.82) is 0 Å². The van der Waals surface area contributed by atoms with Crippen LogP contribution in [0.3, 0.4) is 0 Å². The summed E-state index contributed by atoms with van der Waals surface area (Å²) in [5.74, 6) is 0.842. The van der Waals surface area contributed by atoms with Crippen LogP contribution in [0.25, 0.3) is 0 Å². The topological polar surface area (TPSA) is 40.6 Å². The van der Waals surface area contributed by atoms with Gasteiger partial charge in [-0.1, -0.05) is 33.6 Å². The second-order valence-electron chi connectivity index (χ2n) is 6.18. The van der Waals surface area contributed by atoms with Crippen LogP contribution in [0.5, 0.6) is 0 Å². The SMILES string of the molecule is CCC(CC)C(C)N1C(=O)C2CCCN2C(=O)C1CC. The predicted octanol–water partition coefficient (Wildman–Crippen LogP) is 2.42. The molecule has 0 aromatic rings. The second-order valence-corrected chi connectivity index (χ2v) is 6.18. The van der Waals surface area contributed by atoms with Crippen molar-refractivity contribution < 1.29 is 9.59 Å². The van der Waals surface area contributed by atoms with Crippen LogP contribution in [0.15, 0.2) is 0 Å². The van der Waals surface area contributed by atoms with Crippen LogP contribution >= 0.6 is 0 Å². The lowest BCUT2D eigenvalue weighted by Crippen LogP contribution is -2.65. The van der Waals surface area contributed by atoms with Gasteiger partial charge in [-0.25, -0.2) is 0 Å². The summed E-state index contributed by atoms with van der Waals surface area (Å²) in [6.07, 6.45) is 4.64. The van der Waals surface area contributed by atoms with Crippen LogP contribution in [-0.4, -0.2) is 46.3 Å². The molecule has 2 aliphatic rings. The zero-order valence-electron chi connectivity index (χ0n) is 13.3. The molecule has 0 spiro atoms. The highest BCUT2D eigenvalue weighted by Gasteiger charge is 2.48. The molecule has 0 bridgehead atoms. The minimum absolute atomic E-state index is 0.161. The fraction of sp³-hybridized carbons (Fsp3) is 0.875. The van der Waals surface area contributed by atoms with Gasteiger partial charge in [0.15, 0.2) is 0 Å². The van der Waals surface area contributed by atoms with Crippen molar-refractivity contribution >= 4 is 11.8 Å². The molecule has 2 rings (SSSR count). The second kappa shape index (κ2) is 6.15. The molecular weight excluding hydrogens is 252 g/mol. The van der Waals surface area contributed by atoms with Gasteiger partial charge in [0.2, 0.25) is 11.8 Å². The summed E-state index contributed by atoms with van der Waals surface area (Å²) in [6.45, 7) is 9.24. The van der Waals surface area contributed by atoms with Crippen molar-refractivity contribution in [1.82, 2.24) is 9.80 Å². The monoisotopic (exact) mass is 280 g/mol. The van der Waals surface area contributed by atoms with E-state index in [9.17, 15) is 9.59 Å². The van der Waals surface area contributed by atoms with Crippen molar-refractivity contribution in [3.8, 4) is 0 Å². The molecule has 2 amide bonds. The zero-order chi connectivity index (χ0) is 14.9. The largest absolute Gasteiger partial charge is 0.329 e. The van der Waals surface area contributed by atoms with Crippen molar-refractivity contribution in [3.63, 3.8) is 0 Å². The highest BCUT2D eigenvalue weighted by Crippen LogP contribution is 2.32. The standard InChI is InChI=1S/C16H28N2O2/c1-5-12(6-2)11(4)18-13(7-3)15(19)17-10-8-9-14(17)16(18)20/h11-14H,5-10H2,1-4H3. The summed E-state index contributed by atoms with van der Waals surface area (Å²) in [5, 5.41) is 0. The number of rotatable bonds is 5. The summed E-state index contributed by atoms with van der Waals surface area (Å²) >= 11 is 0. The first-order valence-electron chi connectivity index (χ1n) is 8.19. The fourth-order valence-electron chi connectivity index (χ4n) is 3.98. The van der Waals surface area contributed by atoms with Crippen LogP contribution in [0.2, 0.25) is 0 Å². The molecule has 114 valence electrons. The Bertz CT molecular complexity index is 379. The highest BCUT2D eigenvalue weighted by atomic mass is 16.2. The van der Waals surface area contributed by atoms with E-state index in [1.165, 1.54) is 0 Å². The molecular formula is C16H28N2O2. The fourth-order valence-corrected chi connectivity index (χ4v) is 3.98. The van der Waals surface area contributed by atoms with E-state index < -0.39 is 0 Å². The molecule has 4 heteroatoms. The molecule has 0 aromatic carbocycles. The van der Waals surface area contributed by atoms with Gasteiger partial charge in [-0.05, 0) is 32.1 Å². The van der Waals surface area contributed by atoms with Gasteiger partial charge in [0.25, 0.3) is 0 Å². The van der Waals surface area contributed by atoms with Gasteiger partial charge < -0.3 is 9.80 Å². The van der Waals surface area contributed by atoms with Crippen molar-refractivity contribution in [2.24, 2.45) is 5.92 Å². The van der Waals surface area contributed by atoms with Crippen LogP contribution in [0.4, 0.5) is 0 Å². The predicted molar refractivity (Wildman–Crippen MR) is 79.2 cm³/mol. The van der Waals surface area contributed by atoms with Gasteiger partial charge in [0.05, 0.1) is 0 Å². The molecule has 3 unspecified atom stereocenters. The number of hydrogen-bond donors (Lipinski definition) is 0. The Morgan fingerprint density at radius 1 is 1.15 bits per heavy atom. The van der Waals surface area contributed by atoms with Gasteiger partial charge in [-0.3, -0.25) is 9.59 Å². The zero-order valence-corrected chi connectivity index (χ0v) is 13.3. The van der Waals surface area contributed by atoms with Gasteiger partial charge in [0.1, 0.15) is 12.1 Å². The molecule has 2 saturated heterocycles. The lowest BCUT2D eigenvalue weighted by Gasteiger charge is -2.46.